The number of carbonyl (C=O) groups is 1. The number of likely N-dealkylation sites (N-methyl/N-ethyl adjacent to an activating group) is 1. The number of amides is 1. The number of hydrogen-bond donors (Lipinski definition) is 0. The van der Waals surface area contributed by atoms with Crippen LogP contribution in [0.25, 0.3) is 0 Å². The number of carbonyl (C=O) groups excluding carboxylic acids is 1. The van der Waals surface area contributed by atoms with Crippen molar-refractivity contribution in [2.75, 3.05) is 50.9 Å². The number of anilines is 1. The van der Waals surface area contributed by atoms with Gasteiger partial charge in [-0.3, -0.25) is 4.79 Å². The Balaban J connectivity index is 1.62. The summed E-state index contributed by atoms with van der Waals surface area (Å²) in [6, 6.07) is 11.2. The minimum absolute atomic E-state index is 0.152. The van der Waals surface area contributed by atoms with Crippen molar-refractivity contribution in [3.8, 4) is 11.6 Å². The third-order valence-corrected chi connectivity index (χ3v) is 5.91. The summed E-state index contributed by atoms with van der Waals surface area (Å²) in [5.74, 6) is 2.30. The molecule has 0 bridgehead atoms. The van der Waals surface area contributed by atoms with E-state index in [9.17, 15) is 13.2 Å². The van der Waals surface area contributed by atoms with Crippen molar-refractivity contribution in [2.24, 2.45) is 0 Å². The molecule has 1 aromatic carbocycles. The van der Waals surface area contributed by atoms with Gasteiger partial charge in [-0.15, -0.1) is 0 Å². The van der Waals surface area contributed by atoms with Crippen LogP contribution in [0.5, 0.6) is 11.6 Å². The number of aryl methyl sites for hydroxylation is 1. The van der Waals surface area contributed by atoms with Gasteiger partial charge in [0.2, 0.25) is 21.8 Å². The van der Waals surface area contributed by atoms with Gasteiger partial charge in [0.1, 0.15) is 17.4 Å². The van der Waals surface area contributed by atoms with Crippen molar-refractivity contribution < 1.29 is 17.9 Å². The van der Waals surface area contributed by atoms with Gasteiger partial charge in [0.25, 0.3) is 0 Å². The average Bonchev–Trinajstić information content (AvgIpc) is 2.67. The van der Waals surface area contributed by atoms with Crippen molar-refractivity contribution in [1.29, 1.82) is 0 Å². The molecule has 0 aliphatic carbocycles. The SMILES string of the molecule is Cc1nc(Oc2ccccc2)cc(N2CCN(C(=O)CN(C)S(C)(=O)=O)CC2)n1. The van der Waals surface area contributed by atoms with Gasteiger partial charge in [-0.05, 0) is 19.1 Å². The van der Waals surface area contributed by atoms with E-state index in [-0.39, 0.29) is 12.5 Å². The summed E-state index contributed by atoms with van der Waals surface area (Å²) in [5.41, 5.74) is 0. The Morgan fingerprint density at radius 3 is 2.41 bits per heavy atom. The third kappa shape index (κ3) is 5.64. The Hall–Kier alpha value is -2.72. The Morgan fingerprint density at radius 1 is 1.14 bits per heavy atom. The van der Waals surface area contributed by atoms with Crippen molar-refractivity contribution in [3.63, 3.8) is 0 Å². The highest BCUT2D eigenvalue weighted by Crippen LogP contribution is 2.23. The number of hydrogen-bond acceptors (Lipinski definition) is 7. The van der Waals surface area contributed by atoms with E-state index in [4.69, 9.17) is 4.74 Å². The van der Waals surface area contributed by atoms with Gasteiger partial charge in [0.15, 0.2) is 0 Å². The number of para-hydroxylation sites is 1. The minimum atomic E-state index is -3.38. The molecule has 1 aliphatic rings. The zero-order valence-electron chi connectivity index (χ0n) is 16.8. The Morgan fingerprint density at radius 2 is 1.79 bits per heavy atom. The molecule has 10 heteroatoms. The lowest BCUT2D eigenvalue weighted by atomic mass is 10.3. The monoisotopic (exact) mass is 419 g/mol. The Bertz CT molecular complexity index is 960. The second-order valence-electron chi connectivity index (χ2n) is 6.91. The first-order chi connectivity index (χ1) is 13.7. The number of benzene rings is 1. The van der Waals surface area contributed by atoms with E-state index in [1.165, 1.54) is 7.05 Å². The molecule has 0 spiro atoms. The van der Waals surface area contributed by atoms with Crippen LogP contribution in [0.1, 0.15) is 5.82 Å². The molecule has 1 fully saturated rings. The topological polar surface area (TPSA) is 95.9 Å². The minimum Gasteiger partial charge on any atom is -0.439 e. The molecule has 1 saturated heterocycles. The second-order valence-corrected chi connectivity index (χ2v) is 9.00. The molecule has 2 aromatic rings. The number of ether oxygens (including phenoxy) is 1. The fourth-order valence-corrected chi connectivity index (χ4v) is 3.29. The zero-order valence-corrected chi connectivity index (χ0v) is 17.6. The molecular formula is C19H25N5O4S. The van der Waals surface area contributed by atoms with Crippen molar-refractivity contribution in [3.05, 3.63) is 42.2 Å². The van der Waals surface area contributed by atoms with Crippen LogP contribution in [0.2, 0.25) is 0 Å². The fraction of sp³-hybridized carbons (Fsp3) is 0.421. The van der Waals surface area contributed by atoms with E-state index in [0.29, 0.717) is 43.6 Å². The van der Waals surface area contributed by atoms with Crippen molar-refractivity contribution in [2.45, 2.75) is 6.92 Å². The molecular weight excluding hydrogens is 394 g/mol. The maximum atomic E-state index is 12.4. The van der Waals surface area contributed by atoms with Gasteiger partial charge in [0.05, 0.1) is 12.8 Å². The Labute approximate surface area is 171 Å². The van der Waals surface area contributed by atoms with E-state index in [1.807, 2.05) is 37.3 Å². The van der Waals surface area contributed by atoms with Crippen molar-refractivity contribution in [1.82, 2.24) is 19.2 Å². The van der Waals surface area contributed by atoms with Gasteiger partial charge < -0.3 is 14.5 Å². The predicted octanol–water partition coefficient (Wildman–Crippen LogP) is 1.12. The van der Waals surface area contributed by atoms with Crippen LogP contribution in [0, 0.1) is 6.92 Å². The van der Waals surface area contributed by atoms with Gasteiger partial charge >= 0.3 is 0 Å². The van der Waals surface area contributed by atoms with E-state index in [0.717, 1.165) is 16.4 Å². The first-order valence-electron chi connectivity index (χ1n) is 9.25. The second kappa shape index (κ2) is 8.75. The van der Waals surface area contributed by atoms with Gasteiger partial charge in [-0.2, -0.15) is 9.29 Å². The molecule has 0 N–H and O–H groups in total. The standard InChI is InChI=1S/C19H25N5O4S/c1-15-20-17(13-18(21-15)28-16-7-5-4-6-8-16)23-9-11-24(12-10-23)19(25)14-22(2)29(3,26)27/h4-8,13H,9-12,14H2,1-3H3. The molecule has 0 unspecified atom stereocenters. The summed E-state index contributed by atoms with van der Waals surface area (Å²) in [6.07, 6.45) is 1.09. The summed E-state index contributed by atoms with van der Waals surface area (Å²) < 4.78 is 29.9. The van der Waals surface area contributed by atoms with Crippen LogP contribution >= 0.6 is 0 Å². The summed E-state index contributed by atoms with van der Waals surface area (Å²) in [7, 11) is -1.98. The molecule has 1 amide bonds. The number of sulfonamides is 1. The molecule has 0 saturated carbocycles. The number of aromatic nitrogens is 2. The first kappa shape index (κ1) is 21.0. The molecule has 156 valence electrons. The fourth-order valence-electron chi connectivity index (χ4n) is 2.94. The lowest BCUT2D eigenvalue weighted by Crippen LogP contribution is -2.51. The van der Waals surface area contributed by atoms with Gasteiger partial charge in [0, 0.05) is 39.3 Å². The van der Waals surface area contributed by atoms with E-state index >= 15 is 0 Å². The molecule has 1 aliphatic heterocycles. The maximum absolute atomic E-state index is 12.4. The molecule has 29 heavy (non-hydrogen) atoms. The first-order valence-corrected chi connectivity index (χ1v) is 11.1. The van der Waals surface area contributed by atoms with Gasteiger partial charge in [-0.1, -0.05) is 18.2 Å². The van der Waals surface area contributed by atoms with Crippen LogP contribution < -0.4 is 9.64 Å². The molecule has 0 radical (unpaired) electrons. The van der Waals surface area contributed by atoms with Crippen molar-refractivity contribution >= 4 is 21.7 Å². The molecule has 0 atom stereocenters. The molecule has 2 heterocycles. The average molecular weight is 420 g/mol. The zero-order chi connectivity index (χ0) is 21.0. The quantitative estimate of drug-likeness (QED) is 0.692. The van der Waals surface area contributed by atoms with Crippen LogP contribution in [0.3, 0.4) is 0 Å². The van der Waals surface area contributed by atoms with E-state index in [1.54, 1.807) is 11.0 Å². The molecule has 3 rings (SSSR count). The van der Waals surface area contributed by atoms with E-state index < -0.39 is 10.0 Å². The van der Waals surface area contributed by atoms with Gasteiger partial charge in [-0.25, -0.2) is 13.4 Å². The third-order valence-electron chi connectivity index (χ3n) is 4.65. The maximum Gasteiger partial charge on any atom is 0.238 e. The number of nitrogens with zero attached hydrogens (tertiary/aromatic N) is 5. The highest BCUT2D eigenvalue weighted by Gasteiger charge is 2.25. The largest absolute Gasteiger partial charge is 0.439 e. The number of rotatable bonds is 6. The van der Waals surface area contributed by atoms with Crippen LogP contribution in [0.4, 0.5) is 5.82 Å². The highest BCUT2D eigenvalue weighted by molar-refractivity contribution is 7.88. The van der Waals surface area contributed by atoms with Crippen LogP contribution in [-0.2, 0) is 14.8 Å². The lowest BCUT2D eigenvalue weighted by molar-refractivity contribution is -0.131. The smallest absolute Gasteiger partial charge is 0.238 e. The summed E-state index contributed by atoms with van der Waals surface area (Å²) >= 11 is 0. The van der Waals surface area contributed by atoms with E-state index in [2.05, 4.69) is 14.9 Å². The lowest BCUT2D eigenvalue weighted by Gasteiger charge is -2.36. The normalized spacial score (nSPS) is 14.9. The summed E-state index contributed by atoms with van der Waals surface area (Å²) in [4.78, 5) is 24.9. The molecule has 1 aromatic heterocycles. The summed E-state index contributed by atoms with van der Waals surface area (Å²) in [5, 5.41) is 0. The number of piperazine rings is 1. The molecule has 9 nitrogen and oxygen atoms in total. The summed E-state index contributed by atoms with van der Waals surface area (Å²) in [6.45, 7) is 3.83. The highest BCUT2D eigenvalue weighted by atomic mass is 32.2. The Kier molecular flexibility index (Phi) is 6.33. The van der Waals surface area contributed by atoms with Crippen LogP contribution in [0.15, 0.2) is 36.4 Å². The van der Waals surface area contributed by atoms with Crippen LogP contribution in [-0.4, -0.2) is 79.5 Å². The predicted molar refractivity (Wildman–Crippen MR) is 110 cm³/mol.